The average molecular weight is 492 g/mol. The Morgan fingerprint density at radius 3 is 2.35 bits per heavy atom. The largest absolute Gasteiger partial charge is 0.497 e. The minimum atomic E-state index is -3.87. The van der Waals surface area contributed by atoms with Crippen LogP contribution >= 0.6 is 0 Å². The fourth-order valence-electron chi connectivity index (χ4n) is 3.50. The fourth-order valence-corrected chi connectivity index (χ4v) is 4.35. The SMILES string of the molecule is CCNC(=O)[C@@H](C)N(Cc1cccc(C)c1)C(=O)CN(c1ccc(OC)cc1OC)S(C)(=O)=O. The molecule has 9 nitrogen and oxygen atoms in total. The lowest BCUT2D eigenvalue weighted by Crippen LogP contribution is -2.51. The highest BCUT2D eigenvalue weighted by atomic mass is 32.2. The lowest BCUT2D eigenvalue weighted by molar-refractivity contribution is -0.139. The van der Waals surface area contributed by atoms with Crippen LogP contribution in [-0.4, -0.2) is 64.7 Å². The molecule has 10 heteroatoms. The topological polar surface area (TPSA) is 105 Å². The number of methoxy groups -OCH3 is 2. The van der Waals surface area contributed by atoms with Crippen LogP contribution in [0.25, 0.3) is 0 Å². The molecule has 0 aliphatic rings. The number of sulfonamides is 1. The van der Waals surface area contributed by atoms with Crippen molar-refractivity contribution in [2.24, 2.45) is 0 Å². The molecule has 2 rings (SSSR count). The van der Waals surface area contributed by atoms with Crippen molar-refractivity contribution in [3.8, 4) is 11.5 Å². The zero-order valence-corrected chi connectivity index (χ0v) is 21.3. The first kappa shape index (κ1) is 27.0. The van der Waals surface area contributed by atoms with E-state index in [1.807, 2.05) is 31.2 Å². The van der Waals surface area contributed by atoms with Crippen LogP contribution in [-0.2, 0) is 26.2 Å². The molecule has 0 aliphatic carbocycles. The van der Waals surface area contributed by atoms with E-state index < -0.39 is 28.5 Å². The first-order valence-electron chi connectivity index (χ1n) is 10.8. The smallest absolute Gasteiger partial charge is 0.244 e. The van der Waals surface area contributed by atoms with Crippen molar-refractivity contribution < 1.29 is 27.5 Å². The van der Waals surface area contributed by atoms with Crippen molar-refractivity contribution in [3.63, 3.8) is 0 Å². The van der Waals surface area contributed by atoms with Crippen LogP contribution in [0, 0.1) is 6.92 Å². The quantitative estimate of drug-likeness (QED) is 0.517. The van der Waals surface area contributed by atoms with Gasteiger partial charge in [0.25, 0.3) is 0 Å². The number of rotatable bonds is 11. The summed E-state index contributed by atoms with van der Waals surface area (Å²) < 4.78 is 36.9. The van der Waals surface area contributed by atoms with Crippen molar-refractivity contribution in [1.82, 2.24) is 10.2 Å². The van der Waals surface area contributed by atoms with Crippen LogP contribution in [0.2, 0.25) is 0 Å². The van der Waals surface area contributed by atoms with E-state index in [-0.39, 0.29) is 23.9 Å². The van der Waals surface area contributed by atoms with E-state index in [1.165, 1.54) is 25.2 Å². The summed E-state index contributed by atoms with van der Waals surface area (Å²) in [4.78, 5) is 27.5. The molecule has 2 aromatic carbocycles. The molecule has 0 unspecified atom stereocenters. The van der Waals surface area contributed by atoms with Crippen molar-refractivity contribution in [1.29, 1.82) is 0 Å². The molecule has 2 aromatic rings. The molecule has 0 radical (unpaired) electrons. The summed E-state index contributed by atoms with van der Waals surface area (Å²) in [5.41, 5.74) is 2.04. The molecule has 0 spiro atoms. The maximum atomic E-state index is 13.5. The van der Waals surface area contributed by atoms with Crippen LogP contribution in [0.1, 0.15) is 25.0 Å². The Bertz CT molecular complexity index is 1120. The van der Waals surface area contributed by atoms with Crippen molar-refractivity contribution >= 4 is 27.5 Å². The Morgan fingerprint density at radius 1 is 1.09 bits per heavy atom. The summed E-state index contributed by atoms with van der Waals surface area (Å²) in [5.74, 6) is -0.133. The van der Waals surface area contributed by atoms with Gasteiger partial charge in [-0.25, -0.2) is 8.42 Å². The van der Waals surface area contributed by atoms with Gasteiger partial charge in [-0.05, 0) is 38.5 Å². The Morgan fingerprint density at radius 2 is 1.79 bits per heavy atom. The van der Waals surface area contributed by atoms with Gasteiger partial charge in [0.2, 0.25) is 21.8 Å². The monoisotopic (exact) mass is 491 g/mol. The second-order valence-corrected chi connectivity index (χ2v) is 9.80. The van der Waals surface area contributed by atoms with Crippen molar-refractivity contribution in [3.05, 3.63) is 53.6 Å². The van der Waals surface area contributed by atoms with Gasteiger partial charge in [-0.2, -0.15) is 0 Å². The van der Waals surface area contributed by atoms with Gasteiger partial charge in [0.05, 0.1) is 26.2 Å². The lowest BCUT2D eigenvalue weighted by Gasteiger charge is -2.32. The van der Waals surface area contributed by atoms with Crippen molar-refractivity contribution in [2.75, 3.05) is 37.9 Å². The number of carbonyl (C=O) groups is 2. The third-order valence-corrected chi connectivity index (χ3v) is 6.41. The van der Waals surface area contributed by atoms with Gasteiger partial charge in [-0.1, -0.05) is 29.8 Å². The highest BCUT2D eigenvalue weighted by Crippen LogP contribution is 2.33. The van der Waals surface area contributed by atoms with Crippen LogP contribution in [0.5, 0.6) is 11.5 Å². The van der Waals surface area contributed by atoms with E-state index in [4.69, 9.17) is 9.47 Å². The summed E-state index contributed by atoms with van der Waals surface area (Å²) in [6, 6.07) is 11.4. The van der Waals surface area contributed by atoms with E-state index in [0.717, 1.165) is 21.7 Å². The molecule has 1 N–H and O–H groups in total. The Labute approximate surface area is 201 Å². The van der Waals surface area contributed by atoms with Crippen LogP contribution in [0.3, 0.4) is 0 Å². The van der Waals surface area contributed by atoms with Gasteiger partial charge in [0.15, 0.2) is 0 Å². The Balaban J connectivity index is 2.46. The average Bonchev–Trinajstić information content (AvgIpc) is 2.79. The number of nitrogens with zero attached hydrogens (tertiary/aromatic N) is 2. The number of aryl methyl sites for hydroxylation is 1. The second-order valence-electron chi connectivity index (χ2n) is 7.89. The van der Waals surface area contributed by atoms with Gasteiger partial charge < -0.3 is 19.7 Å². The number of anilines is 1. The standard InChI is InChI=1S/C24H33N3O6S/c1-7-25-24(29)18(3)26(15-19-10-8-9-17(2)13-19)23(28)16-27(34(6,30)31)21-12-11-20(32-4)14-22(21)33-5/h8-14,18H,7,15-16H2,1-6H3,(H,25,29)/t18-/m1/s1. The predicted octanol–water partition coefficient (Wildman–Crippen LogP) is 2.33. The highest BCUT2D eigenvalue weighted by molar-refractivity contribution is 7.92. The van der Waals surface area contributed by atoms with E-state index in [1.54, 1.807) is 26.0 Å². The highest BCUT2D eigenvalue weighted by Gasteiger charge is 2.31. The third kappa shape index (κ3) is 6.86. The zero-order valence-electron chi connectivity index (χ0n) is 20.5. The number of nitrogens with one attached hydrogen (secondary N) is 1. The molecule has 1 atom stereocenters. The summed E-state index contributed by atoms with van der Waals surface area (Å²) >= 11 is 0. The second kappa shape index (κ2) is 11.7. The number of benzene rings is 2. The molecule has 0 heterocycles. The van der Waals surface area contributed by atoms with Gasteiger partial charge in [0, 0.05) is 19.2 Å². The van der Waals surface area contributed by atoms with Gasteiger partial charge in [-0.15, -0.1) is 0 Å². The van der Waals surface area contributed by atoms with Crippen LogP contribution < -0.4 is 19.1 Å². The van der Waals surface area contributed by atoms with Gasteiger partial charge >= 0.3 is 0 Å². The van der Waals surface area contributed by atoms with Gasteiger partial charge in [-0.3, -0.25) is 13.9 Å². The summed E-state index contributed by atoms with van der Waals surface area (Å²) in [5, 5.41) is 2.73. The van der Waals surface area contributed by atoms with Gasteiger partial charge in [0.1, 0.15) is 24.1 Å². The maximum absolute atomic E-state index is 13.5. The van der Waals surface area contributed by atoms with E-state index >= 15 is 0 Å². The summed E-state index contributed by atoms with van der Waals surface area (Å²) in [7, 11) is -0.981. The molecule has 0 aliphatic heterocycles. The van der Waals surface area contributed by atoms with Crippen LogP contribution in [0.15, 0.2) is 42.5 Å². The molecule has 0 aromatic heterocycles. The van der Waals surface area contributed by atoms with Crippen molar-refractivity contribution in [2.45, 2.75) is 33.4 Å². The zero-order chi connectivity index (χ0) is 25.5. The summed E-state index contributed by atoms with van der Waals surface area (Å²) in [6.45, 7) is 5.40. The number of hydrogen-bond acceptors (Lipinski definition) is 6. The molecule has 0 fully saturated rings. The predicted molar refractivity (Wildman–Crippen MR) is 132 cm³/mol. The Kier molecular flexibility index (Phi) is 9.31. The minimum Gasteiger partial charge on any atom is -0.497 e. The Hall–Kier alpha value is -3.27. The number of ether oxygens (including phenoxy) is 2. The first-order chi connectivity index (χ1) is 16.0. The van der Waals surface area contributed by atoms with E-state index in [0.29, 0.717) is 12.3 Å². The molecular weight excluding hydrogens is 458 g/mol. The minimum absolute atomic E-state index is 0.149. The molecule has 186 valence electrons. The fraction of sp³-hybridized carbons (Fsp3) is 0.417. The number of hydrogen-bond donors (Lipinski definition) is 1. The van der Waals surface area contributed by atoms with Crippen LogP contribution in [0.4, 0.5) is 5.69 Å². The number of amides is 2. The normalized spacial score (nSPS) is 11.9. The molecular formula is C24H33N3O6S. The number of likely N-dealkylation sites (N-methyl/N-ethyl adjacent to an activating group) is 1. The van der Waals surface area contributed by atoms with E-state index in [9.17, 15) is 18.0 Å². The molecule has 2 amide bonds. The summed E-state index contributed by atoms with van der Waals surface area (Å²) in [6.07, 6.45) is 1.02. The third-order valence-electron chi connectivity index (χ3n) is 5.29. The first-order valence-corrected chi connectivity index (χ1v) is 12.7. The lowest BCUT2D eigenvalue weighted by atomic mass is 10.1. The maximum Gasteiger partial charge on any atom is 0.244 e. The van der Waals surface area contributed by atoms with E-state index in [2.05, 4.69) is 5.32 Å². The molecule has 0 saturated carbocycles. The molecule has 0 saturated heterocycles. The molecule has 0 bridgehead atoms. The molecule has 34 heavy (non-hydrogen) atoms. The number of carbonyl (C=O) groups excluding carboxylic acids is 2.